The minimum Gasteiger partial charge on any atom is -0.337 e. The lowest BCUT2D eigenvalue weighted by Gasteiger charge is -2.31. The average Bonchev–Trinajstić information content (AvgIpc) is 2.59. The van der Waals surface area contributed by atoms with Crippen molar-refractivity contribution in [2.24, 2.45) is 0 Å². The highest BCUT2D eigenvalue weighted by Crippen LogP contribution is 2.23. The van der Waals surface area contributed by atoms with Crippen molar-refractivity contribution in [3.8, 4) is 0 Å². The molecule has 0 radical (unpaired) electrons. The van der Waals surface area contributed by atoms with E-state index in [1.54, 1.807) is 37.3 Å². The third-order valence-corrected chi connectivity index (χ3v) is 6.32. The van der Waals surface area contributed by atoms with Gasteiger partial charge in [0.05, 0.1) is 22.3 Å². The first-order valence-electron chi connectivity index (χ1n) is 7.86. The smallest absolute Gasteiger partial charge is 0.257 e. The van der Waals surface area contributed by atoms with Crippen LogP contribution in [-0.2, 0) is 9.84 Å². The molecule has 8 heteroatoms. The van der Waals surface area contributed by atoms with Crippen LogP contribution in [0.2, 0.25) is 0 Å². The topological polar surface area (TPSA) is 79.4 Å². The molecule has 1 fully saturated rings. The number of aromatic nitrogens is 1. The summed E-state index contributed by atoms with van der Waals surface area (Å²) < 4.78 is 37.5. The van der Waals surface area contributed by atoms with Crippen molar-refractivity contribution in [1.82, 2.24) is 9.88 Å². The van der Waals surface area contributed by atoms with Crippen LogP contribution in [0.3, 0.4) is 0 Å². The Morgan fingerprint density at radius 3 is 2.76 bits per heavy atom. The summed E-state index contributed by atoms with van der Waals surface area (Å²) >= 11 is 0. The number of rotatable bonds is 3. The SMILES string of the molecule is CC1CN(C(=O)c2cccnc2Nc2ccccc2F)CCS1(=O)=O. The summed E-state index contributed by atoms with van der Waals surface area (Å²) in [5.74, 6) is -0.604. The van der Waals surface area contributed by atoms with Gasteiger partial charge in [0.1, 0.15) is 11.6 Å². The number of hydrogen-bond acceptors (Lipinski definition) is 5. The molecule has 3 rings (SSSR count). The van der Waals surface area contributed by atoms with E-state index in [2.05, 4.69) is 10.3 Å². The maximum atomic E-state index is 13.8. The second-order valence-corrected chi connectivity index (χ2v) is 8.47. The number of anilines is 2. The van der Waals surface area contributed by atoms with Crippen molar-refractivity contribution < 1.29 is 17.6 Å². The van der Waals surface area contributed by atoms with Crippen LogP contribution in [0.4, 0.5) is 15.9 Å². The van der Waals surface area contributed by atoms with Crippen molar-refractivity contribution in [3.05, 3.63) is 54.0 Å². The zero-order valence-corrected chi connectivity index (χ0v) is 14.5. The third kappa shape index (κ3) is 3.63. The Balaban J connectivity index is 1.86. The number of nitrogens with one attached hydrogen (secondary N) is 1. The Morgan fingerprint density at radius 1 is 1.28 bits per heavy atom. The molecule has 0 spiro atoms. The molecular formula is C17H18FN3O3S. The molecule has 1 atom stereocenters. The van der Waals surface area contributed by atoms with E-state index in [0.29, 0.717) is 0 Å². The van der Waals surface area contributed by atoms with Crippen LogP contribution in [0.15, 0.2) is 42.6 Å². The zero-order chi connectivity index (χ0) is 18.0. The maximum Gasteiger partial charge on any atom is 0.257 e. The average molecular weight is 363 g/mol. The van der Waals surface area contributed by atoms with Gasteiger partial charge < -0.3 is 10.2 Å². The number of pyridine rings is 1. The Labute approximate surface area is 145 Å². The van der Waals surface area contributed by atoms with Crippen molar-refractivity contribution in [3.63, 3.8) is 0 Å². The van der Waals surface area contributed by atoms with Gasteiger partial charge in [0.2, 0.25) is 0 Å². The van der Waals surface area contributed by atoms with Gasteiger partial charge in [-0.25, -0.2) is 17.8 Å². The molecule has 1 aliphatic rings. The van der Waals surface area contributed by atoms with Crippen molar-refractivity contribution in [2.75, 3.05) is 24.2 Å². The van der Waals surface area contributed by atoms with Crippen LogP contribution in [0.25, 0.3) is 0 Å². The molecule has 25 heavy (non-hydrogen) atoms. The lowest BCUT2D eigenvalue weighted by molar-refractivity contribution is 0.0761. The molecule has 2 aromatic rings. The second kappa shape index (κ2) is 6.79. The quantitative estimate of drug-likeness (QED) is 0.905. The van der Waals surface area contributed by atoms with Crippen LogP contribution < -0.4 is 5.32 Å². The number of sulfone groups is 1. The van der Waals surface area contributed by atoms with Crippen molar-refractivity contribution >= 4 is 27.2 Å². The van der Waals surface area contributed by atoms with Crippen LogP contribution in [0, 0.1) is 5.82 Å². The standard InChI is InChI=1S/C17H18FN3O3S/c1-12-11-21(9-10-25(12,23)24)17(22)13-5-4-8-19-16(13)20-15-7-3-2-6-14(15)18/h2-8,12H,9-11H2,1H3,(H,19,20). The summed E-state index contributed by atoms with van der Waals surface area (Å²) in [4.78, 5) is 18.4. The van der Waals surface area contributed by atoms with Crippen LogP contribution in [0.1, 0.15) is 17.3 Å². The van der Waals surface area contributed by atoms with E-state index in [1.807, 2.05) is 0 Å². The number of benzene rings is 1. The Morgan fingerprint density at radius 2 is 2.04 bits per heavy atom. The van der Waals surface area contributed by atoms with E-state index in [1.165, 1.54) is 17.2 Å². The first-order valence-corrected chi connectivity index (χ1v) is 9.57. The predicted octanol–water partition coefficient (Wildman–Crippen LogP) is 2.22. The van der Waals surface area contributed by atoms with Gasteiger partial charge in [-0.3, -0.25) is 4.79 Å². The first-order chi connectivity index (χ1) is 11.9. The normalized spacial score (nSPS) is 19.4. The fourth-order valence-corrected chi connectivity index (χ4v) is 3.96. The maximum absolute atomic E-state index is 13.8. The van der Waals surface area contributed by atoms with Gasteiger partial charge in [-0.2, -0.15) is 0 Å². The molecule has 6 nitrogen and oxygen atoms in total. The van der Waals surface area contributed by atoms with Crippen LogP contribution in [-0.4, -0.2) is 48.3 Å². The zero-order valence-electron chi connectivity index (χ0n) is 13.6. The third-order valence-electron chi connectivity index (χ3n) is 4.19. The van der Waals surface area contributed by atoms with Crippen LogP contribution in [0.5, 0.6) is 0 Å². The Kier molecular flexibility index (Phi) is 4.71. The molecule has 1 aromatic carbocycles. The molecule has 132 valence electrons. The van der Waals surface area contributed by atoms with E-state index in [-0.39, 0.29) is 41.8 Å². The van der Waals surface area contributed by atoms with E-state index in [0.717, 1.165) is 0 Å². The van der Waals surface area contributed by atoms with E-state index in [4.69, 9.17) is 0 Å². The van der Waals surface area contributed by atoms with Gasteiger partial charge in [-0.15, -0.1) is 0 Å². The molecule has 0 bridgehead atoms. The predicted molar refractivity (Wildman–Crippen MR) is 93.1 cm³/mol. The van der Waals surface area contributed by atoms with E-state index < -0.39 is 20.9 Å². The number of hydrogen-bond donors (Lipinski definition) is 1. The highest BCUT2D eigenvalue weighted by molar-refractivity contribution is 7.92. The second-order valence-electron chi connectivity index (χ2n) is 5.93. The first kappa shape index (κ1) is 17.3. The van der Waals surface area contributed by atoms with Gasteiger partial charge in [-0.1, -0.05) is 12.1 Å². The van der Waals surface area contributed by atoms with Gasteiger partial charge in [-0.05, 0) is 31.2 Å². The van der Waals surface area contributed by atoms with E-state index in [9.17, 15) is 17.6 Å². The van der Waals surface area contributed by atoms with E-state index >= 15 is 0 Å². The molecule has 1 unspecified atom stereocenters. The summed E-state index contributed by atoms with van der Waals surface area (Å²) in [5.41, 5.74) is 0.488. The molecule has 1 N–H and O–H groups in total. The number of nitrogens with zero attached hydrogens (tertiary/aromatic N) is 2. The van der Waals surface area contributed by atoms with Gasteiger partial charge >= 0.3 is 0 Å². The Bertz CT molecular complexity index is 902. The monoisotopic (exact) mass is 363 g/mol. The number of carbonyl (C=O) groups is 1. The van der Waals surface area contributed by atoms with Gasteiger partial charge in [0.25, 0.3) is 5.91 Å². The minimum absolute atomic E-state index is 0.0593. The van der Waals surface area contributed by atoms with Gasteiger partial charge in [0.15, 0.2) is 9.84 Å². The molecular weight excluding hydrogens is 345 g/mol. The molecule has 2 heterocycles. The summed E-state index contributed by atoms with van der Waals surface area (Å²) in [5, 5.41) is 2.23. The number of halogens is 1. The number of carbonyl (C=O) groups excluding carboxylic acids is 1. The van der Waals surface area contributed by atoms with Crippen molar-refractivity contribution in [2.45, 2.75) is 12.2 Å². The fourth-order valence-electron chi connectivity index (χ4n) is 2.68. The fraction of sp³-hybridized carbons (Fsp3) is 0.294. The molecule has 0 aliphatic carbocycles. The lowest BCUT2D eigenvalue weighted by Crippen LogP contribution is -2.48. The number of amides is 1. The molecule has 0 saturated carbocycles. The number of para-hydroxylation sites is 1. The highest BCUT2D eigenvalue weighted by atomic mass is 32.2. The molecule has 1 aliphatic heterocycles. The summed E-state index contributed by atoms with van der Waals surface area (Å²) in [6.07, 6.45) is 1.50. The summed E-state index contributed by atoms with van der Waals surface area (Å²) in [6.45, 7) is 1.87. The van der Waals surface area contributed by atoms with Gasteiger partial charge in [0, 0.05) is 19.3 Å². The summed E-state index contributed by atoms with van der Waals surface area (Å²) in [6, 6.07) is 9.31. The molecule has 1 saturated heterocycles. The van der Waals surface area contributed by atoms with Crippen molar-refractivity contribution in [1.29, 1.82) is 0 Å². The molecule has 1 aromatic heterocycles. The minimum atomic E-state index is -3.15. The largest absolute Gasteiger partial charge is 0.337 e. The lowest BCUT2D eigenvalue weighted by atomic mass is 10.2. The molecule has 1 amide bonds. The Hall–Kier alpha value is -2.48. The summed E-state index contributed by atoms with van der Waals surface area (Å²) in [7, 11) is -3.15. The highest BCUT2D eigenvalue weighted by Gasteiger charge is 2.32. The van der Waals surface area contributed by atoms with Crippen LogP contribution >= 0.6 is 0 Å².